The van der Waals surface area contributed by atoms with Gasteiger partial charge in [-0.3, -0.25) is 0 Å². The van der Waals surface area contributed by atoms with Crippen LogP contribution >= 0.6 is 0 Å². The van der Waals surface area contributed by atoms with E-state index >= 15 is 0 Å². The molecular formula is C34H22. The summed E-state index contributed by atoms with van der Waals surface area (Å²) in [5, 5.41) is 7.44. The lowest BCUT2D eigenvalue weighted by Crippen LogP contribution is -1.92. The molecule has 0 heterocycles. The van der Waals surface area contributed by atoms with Gasteiger partial charge in [0, 0.05) is 0 Å². The molecule has 7 aromatic rings. The van der Waals surface area contributed by atoms with E-state index in [-0.39, 0.29) is 24.2 Å². The fourth-order valence-electron chi connectivity index (χ4n) is 5.32. The average molecular weight is 435 g/mol. The summed E-state index contributed by atoms with van der Waals surface area (Å²) < 4.78 is 35.3. The van der Waals surface area contributed by atoms with Gasteiger partial charge in [0.15, 0.2) is 0 Å². The van der Waals surface area contributed by atoms with Crippen molar-refractivity contribution in [3.8, 4) is 22.3 Å². The number of fused-ring (bicyclic) bond motifs is 5. The lowest BCUT2D eigenvalue weighted by Gasteiger charge is -2.19. The molecule has 7 aromatic carbocycles. The molecule has 0 spiro atoms. The van der Waals surface area contributed by atoms with Gasteiger partial charge in [-0.05, 0) is 71.4 Å². The van der Waals surface area contributed by atoms with Gasteiger partial charge in [0.1, 0.15) is 0 Å². The van der Waals surface area contributed by atoms with Crippen molar-refractivity contribution in [2.75, 3.05) is 0 Å². The average Bonchev–Trinajstić information content (AvgIpc) is 2.97. The zero-order chi connectivity index (χ0) is 26.0. The first-order chi connectivity index (χ1) is 18.6. The Balaban J connectivity index is 1.81. The van der Waals surface area contributed by atoms with Crippen molar-refractivity contribution in [1.82, 2.24) is 0 Å². The molecule has 34 heavy (non-hydrogen) atoms. The smallest absolute Gasteiger partial charge is 0.0622 e. The van der Waals surface area contributed by atoms with Gasteiger partial charge in [-0.25, -0.2) is 0 Å². The van der Waals surface area contributed by atoms with Crippen LogP contribution in [0.1, 0.15) is 5.48 Å². The first-order valence-corrected chi connectivity index (χ1v) is 11.5. The standard InChI is InChI=1S/C34H22/c1-2-12-23(13-3-1)33-28-18-8-10-20-30(28)34(31-21-11-9-19-29(31)33)32-22-24-14-4-5-15-25(24)26-16-6-7-17-27(26)32/h1-22H/i8D,10D,18D,20D. The van der Waals surface area contributed by atoms with Gasteiger partial charge < -0.3 is 0 Å². The third-order valence-corrected chi connectivity index (χ3v) is 6.75. The summed E-state index contributed by atoms with van der Waals surface area (Å²) in [6.07, 6.45) is 0. The van der Waals surface area contributed by atoms with Gasteiger partial charge >= 0.3 is 0 Å². The number of benzene rings is 7. The Morgan fingerprint density at radius 1 is 0.412 bits per heavy atom. The second kappa shape index (κ2) is 7.57. The molecule has 0 unspecified atom stereocenters. The second-order valence-corrected chi connectivity index (χ2v) is 8.60. The van der Waals surface area contributed by atoms with Gasteiger partial charge in [-0.1, -0.05) is 127 Å². The monoisotopic (exact) mass is 434 g/mol. The molecule has 7 rings (SSSR count). The molecule has 0 atom stereocenters. The summed E-state index contributed by atoms with van der Waals surface area (Å²) >= 11 is 0. The van der Waals surface area contributed by atoms with E-state index in [1.165, 1.54) is 0 Å². The van der Waals surface area contributed by atoms with E-state index in [1.807, 2.05) is 66.7 Å². The van der Waals surface area contributed by atoms with Crippen LogP contribution < -0.4 is 0 Å². The Hall–Kier alpha value is -4.42. The van der Waals surface area contributed by atoms with Crippen LogP contribution in [0.3, 0.4) is 0 Å². The minimum Gasteiger partial charge on any atom is -0.0622 e. The van der Waals surface area contributed by atoms with Gasteiger partial charge in [0.25, 0.3) is 0 Å². The summed E-state index contributed by atoms with van der Waals surface area (Å²) in [6.45, 7) is 0. The third kappa shape index (κ3) is 2.79. The van der Waals surface area contributed by atoms with Crippen molar-refractivity contribution in [1.29, 1.82) is 0 Å². The maximum absolute atomic E-state index is 9.13. The molecule has 0 nitrogen and oxygen atoms in total. The zero-order valence-corrected chi connectivity index (χ0v) is 18.4. The predicted octanol–water partition coefficient (Wildman–Crippen LogP) is 9.63. The first-order valence-electron chi connectivity index (χ1n) is 13.5. The van der Waals surface area contributed by atoms with Gasteiger partial charge in [0.05, 0.1) is 5.48 Å². The Kier molecular flexibility index (Phi) is 3.44. The lowest BCUT2D eigenvalue weighted by molar-refractivity contribution is 1.67. The van der Waals surface area contributed by atoms with Crippen LogP contribution in [0.5, 0.6) is 0 Å². The van der Waals surface area contributed by atoms with Crippen LogP contribution in [-0.4, -0.2) is 0 Å². The van der Waals surface area contributed by atoms with E-state index in [1.54, 1.807) is 0 Å². The Morgan fingerprint density at radius 2 is 0.941 bits per heavy atom. The van der Waals surface area contributed by atoms with Crippen LogP contribution in [0.25, 0.3) is 65.3 Å². The van der Waals surface area contributed by atoms with Crippen LogP contribution in [0.4, 0.5) is 0 Å². The Bertz CT molecular complexity index is 2060. The molecule has 0 saturated carbocycles. The minimum absolute atomic E-state index is 0.0167. The first kappa shape index (κ1) is 15.4. The number of hydrogen-bond donors (Lipinski definition) is 0. The van der Waals surface area contributed by atoms with Crippen LogP contribution in [-0.2, 0) is 0 Å². The highest BCUT2D eigenvalue weighted by Gasteiger charge is 2.18. The number of hydrogen-bond acceptors (Lipinski definition) is 0. The quantitative estimate of drug-likeness (QED) is 0.188. The summed E-state index contributed by atoms with van der Waals surface area (Å²) in [5.74, 6) is 0. The maximum atomic E-state index is 9.13. The molecule has 0 saturated heterocycles. The van der Waals surface area contributed by atoms with Crippen molar-refractivity contribution < 1.29 is 5.48 Å². The van der Waals surface area contributed by atoms with E-state index in [2.05, 4.69) is 42.5 Å². The molecule has 158 valence electrons. The van der Waals surface area contributed by atoms with Crippen molar-refractivity contribution in [3.05, 3.63) is 133 Å². The summed E-state index contributed by atoms with van der Waals surface area (Å²) in [6, 6.07) is 36.3. The molecule has 0 aliphatic heterocycles. The van der Waals surface area contributed by atoms with Crippen molar-refractivity contribution >= 4 is 43.1 Å². The van der Waals surface area contributed by atoms with Gasteiger partial charge in [-0.15, -0.1) is 0 Å². The second-order valence-electron chi connectivity index (χ2n) is 8.60. The molecule has 0 amide bonds. The number of rotatable bonds is 2. The lowest BCUT2D eigenvalue weighted by atomic mass is 9.84. The molecule has 0 aliphatic carbocycles. The molecule has 0 bridgehead atoms. The highest BCUT2D eigenvalue weighted by atomic mass is 14.2. The zero-order valence-electron chi connectivity index (χ0n) is 22.4. The van der Waals surface area contributed by atoms with Gasteiger partial charge in [0.2, 0.25) is 0 Å². The van der Waals surface area contributed by atoms with Crippen LogP contribution in [0.15, 0.2) is 133 Å². The minimum atomic E-state index is -0.219. The predicted molar refractivity (Wildman–Crippen MR) is 147 cm³/mol. The van der Waals surface area contributed by atoms with Crippen LogP contribution in [0.2, 0.25) is 0 Å². The van der Waals surface area contributed by atoms with E-state index in [0.29, 0.717) is 10.8 Å². The largest absolute Gasteiger partial charge is 0.0629 e. The van der Waals surface area contributed by atoms with E-state index in [9.17, 15) is 0 Å². The van der Waals surface area contributed by atoms with Crippen LogP contribution in [0, 0.1) is 0 Å². The van der Waals surface area contributed by atoms with E-state index in [4.69, 9.17) is 5.48 Å². The fraction of sp³-hybridized carbons (Fsp3) is 0. The molecule has 0 heteroatoms. The topological polar surface area (TPSA) is 0 Å². The Labute approximate surface area is 204 Å². The third-order valence-electron chi connectivity index (χ3n) is 6.75. The molecular weight excluding hydrogens is 408 g/mol. The molecule has 0 radical (unpaired) electrons. The highest BCUT2D eigenvalue weighted by molar-refractivity contribution is 6.25. The Morgan fingerprint density at radius 3 is 1.68 bits per heavy atom. The maximum Gasteiger partial charge on any atom is 0.0629 e. The SMILES string of the molecule is [2H]c1c([2H])c([2H])c2c(-c3cc4ccccc4c4ccccc34)c3ccccc3c(-c3ccccc3)c2c1[2H]. The summed E-state index contributed by atoms with van der Waals surface area (Å²) in [7, 11) is 0. The highest BCUT2D eigenvalue weighted by Crippen LogP contribution is 2.46. The summed E-state index contributed by atoms with van der Waals surface area (Å²) in [4.78, 5) is 0. The molecule has 0 aromatic heterocycles. The normalized spacial score (nSPS) is 13.2. The van der Waals surface area contributed by atoms with Crippen molar-refractivity contribution in [2.24, 2.45) is 0 Å². The molecule has 0 aliphatic rings. The van der Waals surface area contributed by atoms with E-state index < -0.39 is 0 Å². The molecule has 0 fully saturated rings. The van der Waals surface area contributed by atoms with Crippen molar-refractivity contribution in [3.63, 3.8) is 0 Å². The van der Waals surface area contributed by atoms with Gasteiger partial charge in [-0.2, -0.15) is 0 Å². The van der Waals surface area contributed by atoms with Crippen molar-refractivity contribution in [2.45, 2.75) is 0 Å². The molecule has 0 N–H and O–H groups in total. The fourth-order valence-corrected chi connectivity index (χ4v) is 5.32. The van der Waals surface area contributed by atoms with E-state index in [0.717, 1.165) is 54.6 Å². The summed E-state index contributed by atoms with van der Waals surface area (Å²) in [5.41, 5.74) is 3.56.